The molecule has 0 saturated carbocycles. The smallest absolute Gasteiger partial charge is 0.779 e. The second-order valence-electron chi connectivity index (χ2n) is 6.80. The fraction of sp³-hybridized carbons (Fsp3) is 0.0833. The van der Waals surface area contributed by atoms with Crippen molar-refractivity contribution >= 4 is 42.8 Å². The van der Waals surface area contributed by atoms with E-state index in [0.29, 0.717) is 4.90 Å². The average Bonchev–Trinajstić information content (AvgIpc) is 2.99. The number of aromatic nitrogens is 2. The molecule has 0 spiro atoms. The summed E-state index contributed by atoms with van der Waals surface area (Å²) in [4.78, 5) is 11.2. The Morgan fingerprint density at radius 1 is 0.806 bits per heavy atom. The minimum atomic E-state index is 0. The van der Waals surface area contributed by atoms with E-state index in [1.54, 1.807) is 6.21 Å². The molecule has 0 radical (unpaired) electrons. The first kappa shape index (κ1) is 22.9. The van der Waals surface area contributed by atoms with E-state index in [1.165, 1.54) is 0 Å². The Kier molecular flexibility index (Phi) is 7.44. The molecule has 4 nitrogen and oxygen atoms in total. The van der Waals surface area contributed by atoms with Gasteiger partial charge in [-0.05, 0) is 30.7 Å². The molecule has 7 heteroatoms. The molecule has 31 heavy (non-hydrogen) atoms. The Bertz CT molecular complexity index is 1290. The number of hydrogen-bond acceptors (Lipinski definition) is 4. The molecule has 1 aromatic heterocycles. The van der Waals surface area contributed by atoms with E-state index in [9.17, 15) is 0 Å². The molecule has 0 fully saturated rings. The Morgan fingerprint density at radius 3 is 2.10 bits per heavy atom. The zero-order valence-corrected chi connectivity index (χ0v) is 19.6. The molecule has 0 N–H and O–H groups in total. The van der Waals surface area contributed by atoms with Gasteiger partial charge in [-0.3, -0.25) is 9.67 Å². The van der Waals surface area contributed by atoms with Gasteiger partial charge in [-0.1, -0.05) is 60.7 Å². The van der Waals surface area contributed by atoms with Crippen LogP contribution >= 0.6 is 0 Å². The molecule has 0 amide bonds. The molecule has 0 aliphatic heterocycles. The molecule has 0 unspecified atom stereocenters. The number of rotatable bonds is 4. The van der Waals surface area contributed by atoms with Gasteiger partial charge in [-0.15, -0.1) is 4.90 Å². The van der Waals surface area contributed by atoms with Crippen molar-refractivity contribution in [1.82, 2.24) is 9.36 Å². The standard InChI is InChI=1S/C24H22N4S2.Ni/c1-17-23(25-16-18-10-6-8-14-21(18)29)24(26-20-13-7-9-15-22(20)30)28(27(17)2)19-11-4-3-5-12-19;/h3-16,29-30H,1-2H3;/q;+2/p-2. The van der Waals surface area contributed by atoms with E-state index >= 15 is 0 Å². The molecular weight excluding hydrogens is 467 g/mol. The summed E-state index contributed by atoms with van der Waals surface area (Å²) in [6, 6.07) is 25.5. The monoisotopic (exact) mass is 486 g/mol. The van der Waals surface area contributed by atoms with Crippen molar-refractivity contribution in [3.8, 4) is 5.69 Å². The average molecular weight is 487 g/mol. The summed E-state index contributed by atoms with van der Waals surface area (Å²) in [5.41, 5.74) is 5.11. The van der Waals surface area contributed by atoms with Crippen molar-refractivity contribution in [3.05, 3.63) is 95.6 Å². The maximum Gasteiger partial charge on any atom is 2.00 e. The Morgan fingerprint density at radius 2 is 1.42 bits per heavy atom. The van der Waals surface area contributed by atoms with E-state index in [-0.39, 0.29) is 16.5 Å². The molecule has 3 aromatic carbocycles. The Balaban J connectivity index is 0.00000272. The molecule has 1 heterocycles. The molecule has 0 aliphatic rings. The van der Waals surface area contributed by atoms with Gasteiger partial charge in [0.05, 0.1) is 11.4 Å². The van der Waals surface area contributed by atoms with E-state index in [0.717, 1.165) is 38.7 Å². The van der Waals surface area contributed by atoms with Crippen molar-refractivity contribution in [2.75, 3.05) is 0 Å². The van der Waals surface area contributed by atoms with Crippen molar-refractivity contribution < 1.29 is 16.5 Å². The molecule has 158 valence electrons. The van der Waals surface area contributed by atoms with Crippen molar-refractivity contribution in [3.63, 3.8) is 0 Å². The van der Waals surface area contributed by atoms with Crippen LogP contribution in [-0.2, 0) is 48.8 Å². The topological polar surface area (TPSA) is 34.6 Å². The van der Waals surface area contributed by atoms with Gasteiger partial charge in [-0.25, -0.2) is 9.67 Å². The van der Waals surface area contributed by atoms with Gasteiger partial charge in [0.2, 0.25) is 0 Å². The Labute approximate surface area is 203 Å². The van der Waals surface area contributed by atoms with Gasteiger partial charge in [-0.2, -0.15) is 4.90 Å². The molecule has 4 aromatic rings. The van der Waals surface area contributed by atoms with E-state index in [2.05, 4.69) is 0 Å². The van der Waals surface area contributed by atoms with Gasteiger partial charge in [0, 0.05) is 18.9 Å². The maximum atomic E-state index is 5.49. The van der Waals surface area contributed by atoms with Gasteiger partial charge >= 0.3 is 16.5 Å². The number of hydrogen-bond donors (Lipinski definition) is 0. The summed E-state index contributed by atoms with van der Waals surface area (Å²) in [6.45, 7) is 2.03. The predicted octanol–water partition coefficient (Wildman–Crippen LogP) is 4.92. The fourth-order valence-corrected chi connectivity index (χ4v) is 3.60. The van der Waals surface area contributed by atoms with Crippen LogP contribution in [0, 0.1) is 6.92 Å². The number of para-hydroxylation sites is 2. The predicted molar refractivity (Wildman–Crippen MR) is 126 cm³/mol. The SMILES string of the molecule is Cc1c(N=Cc2ccccc2[S-])c(=Nc2ccccc2[S-])n(-c2ccccc2)n1C.[Ni+2]. The quantitative estimate of drug-likeness (QED) is 0.233. The van der Waals surface area contributed by atoms with Crippen LogP contribution in [0.2, 0.25) is 0 Å². The summed E-state index contributed by atoms with van der Waals surface area (Å²) < 4.78 is 4.09. The Hall–Kier alpha value is -2.73. The minimum Gasteiger partial charge on any atom is -0.779 e. The normalized spacial score (nSPS) is 11.6. The van der Waals surface area contributed by atoms with Crippen LogP contribution in [0.15, 0.2) is 98.6 Å². The number of nitrogens with zero attached hydrogens (tertiary/aromatic N) is 4. The molecular formula is C24H20N4NiS2. The summed E-state index contributed by atoms with van der Waals surface area (Å²) >= 11 is 10.9. The molecule has 0 saturated heterocycles. The van der Waals surface area contributed by atoms with Crippen molar-refractivity contribution in [2.24, 2.45) is 17.0 Å². The molecule has 0 aliphatic carbocycles. The number of aliphatic imine (C=N–C) groups is 1. The van der Waals surface area contributed by atoms with Crippen LogP contribution in [0.3, 0.4) is 0 Å². The first-order valence-corrected chi connectivity index (χ1v) is 10.3. The largest absolute Gasteiger partial charge is 2.00 e. The summed E-state index contributed by atoms with van der Waals surface area (Å²) in [6.07, 6.45) is 1.80. The first-order chi connectivity index (χ1) is 14.6. The zero-order chi connectivity index (χ0) is 21.1. The zero-order valence-electron chi connectivity index (χ0n) is 17.0. The van der Waals surface area contributed by atoms with Crippen LogP contribution in [0.1, 0.15) is 11.3 Å². The van der Waals surface area contributed by atoms with Crippen LogP contribution in [-0.4, -0.2) is 15.6 Å². The molecule has 4 rings (SSSR count). The van der Waals surface area contributed by atoms with Gasteiger partial charge in [0.1, 0.15) is 5.69 Å². The van der Waals surface area contributed by atoms with Gasteiger partial charge in [0.25, 0.3) is 0 Å². The molecule has 0 atom stereocenters. The summed E-state index contributed by atoms with van der Waals surface area (Å²) in [5.74, 6) is 0. The van der Waals surface area contributed by atoms with Gasteiger partial charge < -0.3 is 25.3 Å². The third-order valence-corrected chi connectivity index (χ3v) is 5.60. The maximum absolute atomic E-state index is 5.49. The minimum absolute atomic E-state index is 0. The van der Waals surface area contributed by atoms with E-state index < -0.39 is 0 Å². The van der Waals surface area contributed by atoms with Crippen LogP contribution < -0.4 is 5.49 Å². The number of benzene rings is 3. The summed E-state index contributed by atoms with van der Waals surface area (Å²) in [5, 5.41) is 0. The summed E-state index contributed by atoms with van der Waals surface area (Å²) in [7, 11) is 2.00. The second-order valence-corrected chi connectivity index (χ2v) is 7.68. The van der Waals surface area contributed by atoms with E-state index in [4.69, 9.17) is 35.2 Å². The van der Waals surface area contributed by atoms with Crippen LogP contribution in [0.5, 0.6) is 0 Å². The van der Waals surface area contributed by atoms with Crippen molar-refractivity contribution in [1.29, 1.82) is 0 Å². The van der Waals surface area contributed by atoms with Gasteiger partial charge in [0.15, 0.2) is 5.49 Å². The third kappa shape index (κ3) is 4.80. The molecule has 0 bridgehead atoms. The fourth-order valence-electron chi connectivity index (χ4n) is 3.21. The first-order valence-electron chi connectivity index (χ1n) is 9.51. The van der Waals surface area contributed by atoms with Crippen molar-refractivity contribution in [2.45, 2.75) is 16.7 Å². The second kappa shape index (κ2) is 10.1. The van der Waals surface area contributed by atoms with E-state index in [1.807, 2.05) is 102 Å². The van der Waals surface area contributed by atoms with Crippen LogP contribution in [0.25, 0.3) is 5.69 Å². The van der Waals surface area contributed by atoms with Crippen LogP contribution in [0.4, 0.5) is 11.4 Å². The third-order valence-electron chi connectivity index (χ3n) is 4.88.